The summed E-state index contributed by atoms with van der Waals surface area (Å²) in [6.07, 6.45) is 0.492. The Hall–Kier alpha value is -0.600. The molecule has 1 amide bonds. The lowest BCUT2D eigenvalue weighted by molar-refractivity contribution is -0.122. The molecule has 0 aliphatic carbocycles. The van der Waals surface area contributed by atoms with Crippen molar-refractivity contribution < 1.29 is 9.18 Å². The summed E-state index contributed by atoms with van der Waals surface area (Å²) in [4.78, 5) is 10.1. The van der Waals surface area contributed by atoms with Gasteiger partial charge in [-0.1, -0.05) is 6.92 Å². The van der Waals surface area contributed by atoms with E-state index < -0.39 is 18.5 Å². The van der Waals surface area contributed by atoms with Crippen molar-refractivity contribution in [3.63, 3.8) is 0 Å². The van der Waals surface area contributed by atoms with E-state index in [0.717, 1.165) is 0 Å². The molecule has 0 aliphatic heterocycles. The van der Waals surface area contributed by atoms with Crippen LogP contribution in [0.2, 0.25) is 0 Å². The van der Waals surface area contributed by atoms with Gasteiger partial charge in [0.15, 0.2) is 0 Å². The quantitative estimate of drug-likeness (QED) is 0.576. The van der Waals surface area contributed by atoms with Crippen LogP contribution in [0.1, 0.15) is 13.3 Å². The van der Waals surface area contributed by atoms with Crippen LogP contribution >= 0.6 is 0 Å². The van der Waals surface area contributed by atoms with Crippen LogP contribution in [-0.4, -0.2) is 12.6 Å². The molecule has 0 heterocycles. The number of carbonyl (C=O) groups is 1. The van der Waals surface area contributed by atoms with Crippen LogP contribution in [0.25, 0.3) is 0 Å². The van der Waals surface area contributed by atoms with Gasteiger partial charge < -0.3 is 5.73 Å². The highest BCUT2D eigenvalue weighted by molar-refractivity contribution is 5.76. The van der Waals surface area contributed by atoms with Crippen LogP contribution in [0.3, 0.4) is 0 Å². The van der Waals surface area contributed by atoms with Crippen molar-refractivity contribution in [2.45, 2.75) is 13.3 Å². The van der Waals surface area contributed by atoms with Crippen molar-refractivity contribution in [2.75, 3.05) is 6.67 Å². The third kappa shape index (κ3) is 1.91. The molecule has 1 atom stereocenters. The maximum Gasteiger partial charge on any atom is 0.223 e. The number of primary amides is 1. The monoisotopic (exact) mass is 119 g/mol. The van der Waals surface area contributed by atoms with Gasteiger partial charge in [0.1, 0.15) is 6.67 Å². The van der Waals surface area contributed by atoms with Crippen molar-refractivity contribution >= 4 is 5.91 Å². The molecule has 3 heteroatoms. The fourth-order valence-electron chi connectivity index (χ4n) is 0.386. The molecule has 0 bridgehead atoms. The Morgan fingerprint density at radius 2 is 2.38 bits per heavy atom. The van der Waals surface area contributed by atoms with Crippen molar-refractivity contribution in [1.82, 2.24) is 0 Å². The summed E-state index contributed by atoms with van der Waals surface area (Å²) in [6, 6.07) is 0. The van der Waals surface area contributed by atoms with Crippen LogP contribution in [0.5, 0.6) is 0 Å². The van der Waals surface area contributed by atoms with E-state index in [4.69, 9.17) is 5.73 Å². The zero-order chi connectivity index (χ0) is 6.57. The zero-order valence-electron chi connectivity index (χ0n) is 4.86. The number of alkyl halides is 1. The SMILES string of the molecule is CCC(CF)C(N)=O. The summed E-state index contributed by atoms with van der Waals surface area (Å²) in [7, 11) is 0. The molecule has 0 aromatic heterocycles. The molecule has 8 heavy (non-hydrogen) atoms. The van der Waals surface area contributed by atoms with E-state index in [2.05, 4.69) is 0 Å². The topological polar surface area (TPSA) is 43.1 Å². The summed E-state index contributed by atoms with van der Waals surface area (Å²) in [5.41, 5.74) is 4.78. The van der Waals surface area contributed by atoms with Gasteiger partial charge in [0, 0.05) is 0 Å². The molecule has 0 saturated carbocycles. The highest BCUT2D eigenvalue weighted by Gasteiger charge is 2.10. The maximum absolute atomic E-state index is 11.6. The van der Waals surface area contributed by atoms with Crippen molar-refractivity contribution in [3.05, 3.63) is 0 Å². The lowest BCUT2D eigenvalue weighted by atomic mass is 10.1. The third-order valence-electron chi connectivity index (χ3n) is 1.08. The van der Waals surface area contributed by atoms with Gasteiger partial charge in [0.05, 0.1) is 5.92 Å². The molecule has 0 fully saturated rings. The molecule has 0 spiro atoms. The first kappa shape index (κ1) is 7.40. The van der Waals surface area contributed by atoms with E-state index >= 15 is 0 Å². The van der Waals surface area contributed by atoms with Gasteiger partial charge in [-0.3, -0.25) is 9.18 Å². The molecular weight excluding hydrogens is 109 g/mol. The Morgan fingerprint density at radius 3 is 2.38 bits per heavy atom. The first-order valence-electron chi connectivity index (χ1n) is 2.57. The Labute approximate surface area is 47.9 Å². The van der Waals surface area contributed by atoms with E-state index in [1.165, 1.54) is 0 Å². The highest BCUT2D eigenvalue weighted by atomic mass is 19.1. The lowest BCUT2D eigenvalue weighted by Crippen LogP contribution is -2.23. The minimum Gasteiger partial charge on any atom is -0.369 e. The highest BCUT2D eigenvalue weighted by Crippen LogP contribution is 2.00. The van der Waals surface area contributed by atoms with Gasteiger partial charge >= 0.3 is 0 Å². The van der Waals surface area contributed by atoms with Crippen molar-refractivity contribution in [3.8, 4) is 0 Å². The van der Waals surface area contributed by atoms with Gasteiger partial charge in [-0.25, -0.2) is 0 Å². The summed E-state index contributed by atoms with van der Waals surface area (Å²) >= 11 is 0. The van der Waals surface area contributed by atoms with Crippen molar-refractivity contribution in [1.29, 1.82) is 0 Å². The first-order valence-corrected chi connectivity index (χ1v) is 2.57. The average Bonchev–Trinajstić information content (AvgIpc) is 1.69. The molecule has 1 unspecified atom stereocenters. The smallest absolute Gasteiger partial charge is 0.223 e. The fourth-order valence-corrected chi connectivity index (χ4v) is 0.386. The number of hydrogen-bond acceptors (Lipinski definition) is 1. The first-order chi connectivity index (χ1) is 3.72. The summed E-state index contributed by atoms with van der Waals surface area (Å²) in [5, 5.41) is 0. The molecule has 0 aromatic rings. The largest absolute Gasteiger partial charge is 0.369 e. The van der Waals surface area contributed by atoms with Crippen LogP contribution in [-0.2, 0) is 4.79 Å². The number of halogens is 1. The normalized spacial score (nSPS) is 13.2. The van der Waals surface area contributed by atoms with Gasteiger partial charge in [0.25, 0.3) is 0 Å². The van der Waals surface area contributed by atoms with Crippen molar-refractivity contribution in [2.24, 2.45) is 11.7 Å². The number of rotatable bonds is 3. The second-order valence-corrected chi connectivity index (χ2v) is 1.66. The Balaban J connectivity index is 3.52. The molecule has 2 nitrogen and oxygen atoms in total. The number of carbonyl (C=O) groups excluding carboxylic acids is 1. The molecule has 0 aliphatic rings. The number of hydrogen-bond donors (Lipinski definition) is 1. The van der Waals surface area contributed by atoms with Gasteiger partial charge in [-0.15, -0.1) is 0 Å². The van der Waals surface area contributed by atoms with E-state index in [-0.39, 0.29) is 0 Å². The molecule has 0 radical (unpaired) electrons. The van der Waals surface area contributed by atoms with Gasteiger partial charge in [0.2, 0.25) is 5.91 Å². The second-order valence-electron chi connectivity index (χ2n) is 1.66. The van der Waals surface area contributed by atoms with Crippen LogP contribution < -0.4 is 5.73 Å². The number of amides is 1. The second kappa shape index (κ2) is 3.41. The third-order valence-corrected chi connectivity index (χ3v) is 1.08. The molecule has 2 N–H and O–H groups in total. The predicted molar refractivity (Wildman–Crippen MR) is 29.0 cm³/mol. The number of nitrogens with two attached hydrogens (primary N) is 1. The molecule has 48 valence electrons. The van der Waals surface area contributed by atoms with E-state index in [1.54, 1.807) is 6.92 Å². The molecule has 0 rings (SSSR count). The van der Waals surface area contributed by atoms with E-state index in [0.29, 0.717) is 6.42 Å². The Bertz CT molecular complexity index is 80.5. The average molecular weight is 119 g/mol. The summed E-state index contributed by atoms with van der Waals surface area (Å²) in [5.74, 6) is -1.12. The zero-order valence-corrected chi connectivity index (χ0v) is 4.86. The van der Waals surface area contributed by atoms with E-state index in [9.17, 15) is 9.18 Å². The van der Waals surface area contributed by atoms with Gasteiger partial charge in [-0.05, 0) is 6.42 Å². The van der Waals surface area contributed by atoms with Crippen LogP contribution in [0.15, 0.2) is 0 Å². The maximum atomic E-state index is 11.6. The standard InChI is InChI=1S/C5H10FNO/c1-2-4(3-6)5(7)8/h4H,2-3H2,1H3,(H2,7,8). The summed E-state index contributed by atoms with van der Waals surface area (Å²) < 4.78 is 11.6. The van der Waals surface area contributed by atoms with E-state index in [1.807, 2.05) is 0 Å². The fraction of sp³-hybridized carbons (Fsp3) is 0.800. The van der Waals surface area contributed by atoms with Crippen LogP contribution in [0.4, 0.5) is 4.39 Å². The van der Waals surface area contributed by atoms with Gasteiger partial charge in [-0.2, -0.15) is 0 Å². The minimum atomic E-state index is -0.633. The molecular formula is C5H10FNO. The lowest BCUT2D eigenvalue weighted by Gasteiger charge is -2.01. The van der Waals surface area contributed by atoms with Crippen LogP contribution in [0, 0.1) is 5.92 Å². The minimum absolute atomic E-state index is 0.492. The Morgan fingerprint density at radius 1 is 1.88 bits per heavy atom. The predicted octanol–water partition coefficient (Wildman–Crippen LogP) is 0.467. The molecule has 0 aromatic carbocycles. The molecule has 0 saturated heterocycles. The summed E-state index contributed by atoms with van der Waals surface area (Å²) in [6.45, 7) is 1.10. The Kier molecular flexibility index (Phi) is 3.15.